The largest absolute Gasteiger partial charge is 0.352 e. The smallest absolute Gasteiger partial charge is 0.233 e. The van der Waals surface area contributed by atoms with Gasteiger partial charge in [-0.05, 0) is 56.5 Å². The predicted molar refractivity (Wildman–Crippen MR) is 114 cm³/mol. The number of benzene rings is 2. The number of halogens is 1. The highest BCUT2D eigenvalue weighted by Crippen LogP contribution is 2.25. The Bertz CT molecular complexity index is 757. The molecule has 0 radical (unpaired) electrons. The van der Waals surface area contributed by atoms with Gasteiger partial charge >= 0.3 is 0 Å². The van der Waals surface area contributed by atoms with Crippen molar-refractivity contribution in [2.24, 2.45) is 0 Å². The molecular formula is C22H27ClN2OS. The Balaban J connectivity index is 1.42. The van der Waals surface area contributed by atoms with Gasteiger partial charge in [0.25, 0.3) is 0 Å². The summed E-state index contributed by atoms with van der Waals surface area (Å²) in [4.78, 5) is 16.1. The summed E-state index contributed by atoms with van der Waals surface area (Å²) in [6.07, 6.45) is 2.02. The lowest BCUT2D eigenvalue weighted by molar-refractivity contribution is -0.121. The first-order valence-electron chi connectivity index (χ1n) is 9.50. The molecule has 1 unspecified atom stereocenters. The monoisotopic (exact) mass is 402 g/mol. The van der Waals surface area contributed by atoms with Crippen LogP contribution in [-0.2, 0) is 11.3 Å². The maximum atomic E-state index is 12.5. The third-order valence-electron chi connectivity index (χ3n) is 4.92. The first-order valence-corrected chi connectivity index (χ1v) is 10.8. The second kappa shape index (κ2) is 9.63. The highest BCUT2D eigenvalue weighted by molar-refractivity contribution is 8.00. The molecule has 0 saturated carbocycles. The third-order valence-corrected chi connectivity index (χ3v) is 6.28. The zero-order valence-electron chi connectivity index (χ0n) is 16.0. The summed E-state index contributed by atoms with van der Waals surface area (Å²) >= 11 is 7.49. The van der Waals surface area contributed by atoms with E-state index in [1.165, 1.54) is 11.1 Å². The predicted octanol–water partition coefficient (Wildman–Crippen LogP) is 4.91. The van der Waals surface area contributed by atoms with Crippen molar-refractivity contribution in [3.05, 3.63) is 64.7 Å². The van der Waals surface area contributed by atoms with Crippen molar-refractivity contribution in [1.29, 1.82) is 0 Å². The number of rotatable bonds is 6. The molecule has 1 aliphatic rings. The van der Waals surface area contributed by atoms with Gasteiger partial charge in [0.1, 0.15) is 0 Å². The zero-order chi connectivity index (χ0) is 19.2. The molecule has 5 heteroatoms. The number of nitrogens with zero attached hydrogens (tertiary/aromatic N) is 1. The highest BCUT2D eigenvalue weighted by atomic mass is 35.5. The molecule has 144 valence electrons. The number of nitrogens with one attached hydrogen (secondary N) is 1. The van der Waals surface area contributed by atoms with Crippen molar-refractivity contribution < 1.29 is 4.79 Å². The Morgan fingerprint density at radius 2 is 1.93 bits per heavy atom. The summed E-state index contributed by atoms with van der Waals surface area (Å²) in [6, 6.07) is 16.6. The van der Waals surface area contributed by atoms with E-state index in [2.05, 4.69) is 41.4 Å². The van der Waals surface area contributed by atoms with Gasteiger partial charge in [0, 0.05) is 35.6 Å². The molecule has 27 heavy (non-hydrogen) atoms. The van der Waals surface area contributed by atoms with E-state index in [1.807, 2.05) is 31.2 Å². The van der Waals surface area contributed by atoms with E-state index < -0.39 is 0 Å². The van der Waals surface area contributed by atoms with Crippen molar-refractivity contribution in [3.8, 4) is 0 Å². The molecule has 0 aromatic heterocycles. The minimum Gasteiger partial charge on any atom is -0.352 e. The van der Waals surface area contributed by atoms with E-state index >= 15 is 0 Å². The molecule has 1 fully saturated rings. The summed E-state index contributed by atoms with van der Waals surface area (Å²) in [5, 5.41) is 3.83. The van der Waals surface area contributed by atoms with Crippen molar-refractivity contribution in [2.75, 3.05) is 13.1 Å². The Morgan fingerprint density at radius 1 is 1.22 bits per heavy atom. The number of aryl methyl sites for hydroxylation is 1. The quantitative estimate of drug-likeness (QED) is 0.696. The summed E-state index contributed by atoms with van der Waals surface area (Å²) in [7, 11) is 0. The summed E-state index contributed by atoms with van der Waals surface area (Å²) in [5.74, 6) is 0.118. The van der Waals surface area contributed by atoms with Gasteiger partial charge in [-0.15, -0.1) is 11.8 Å². The molecule has 2 aromatic rings. The fourth-order valence-corrected chi connectivity index (χ4v) is 4.40. The van der Waals surface area contributed by atoms with Crippen LogP contribution in [-0.4, -0.2) is 35.2 Å². The van der Waals surface area contributed by atoms with Crippen LogP contribution in [0.2, 0.25) is 5.02 Å². The first kappa shape index (κ1) is 20.2. The van der Waals surface area contributed by atoms with E-state index in [0.717, 1.165) is 37.4 Å². The van der Waals surface area contributed by atoms with E-state index in [1.54, 1.807) is 11.8 Å². The van der Waals surface area contributed by atoms with Crippen LogP contribution in [0.15, 0.2) is 53.4 Å². The van der Waals surface area contributed by atoms with Gasteiger partial charge in [-0.3, -0.25) is 9.69 Å². The minimum atomic E-state index is -0.114. The molecule has 0 aliphatic carbocycles. The molecule has 1 heterocycles. The number of carbonyl (C=O) groups is 1. The van der Waals surface area contributed by atoms with E-state index in [0.29, 0.717) is 5.02 Å². The van der Waals surface area contributed by atoms with Crippen molar-refractivity contribution in [1.82, 2.24) is 10.2 Å². The fourth-order valence-electron chi connectivity index (χ4n) is 3.39. The average Bonchev–Trinajstić information content (AvgIpc) is 2.65. The van der Waals surface area contributed by atoms with Crippen LogP contribution in [0.25, 0.3) is 0 Å². The van der Waals surface area contributed by atoms with Crippen molar-refractivity contribution in [2.45, 2.75) is 49.4 Å². The molecule has 1 N–H and O–H groups in total. The molecule has 1 amide bonds. The van der Waals surface area contributed by atoms with E-state index in [9.17, 15) is 4.79 Å². The number of amides is 1. The fraction of sp³-hybridized carbons (Fsp3) is 0.409. The number of hydrogen-bond acceptors (Lipinski definition) is 3. The lowest BCUT2D eigenvalue weighted by atomic mass is 10.0. The van der Waals surface area contributed by atoms with Crippen molar-refractivity contribution >= 4 is 29.3 Å². The topological polar surface area (TPSA) is 32.3 Å². The van der Waals surface area contributed by atoms with Gasteiger partial charge in [-0.1, -0.05) is 41.4 Å². The highest BCUT2D eigenvalue weighted by Gasteiger charge is 2.23. The Morgan fingerprint density at radius 3 is 2.59 bits per heavy atom. The van der Waals surface area contributed by atoms with Crippen LogP contribution in [0.4, 0.5) is 0 Å². The number of piperidine rings is 1. The maximum absolute atomic E-state index is 12.5. The van der Waals surface area contributed by atoms with Gasteiger partial charge < -0.3 is 5.32 Å². The number of hydrogen-bond donors (Lipinski definition) is 1. The zero-order valence-corrected chi connectivity index (χ0v) is 17.5. The molecule has 0 bridgehead atoms. The summed E-state index contributed by atoms with van der Waals surface area (Å²) in [5.41, 5.74) is 2.67. The van der Waals surface area contributed by atoms with Crippen LogP contribution in [0, 0.1) is 6.92 Å². The van der Waals surface area contributed by atoms with Gasteiger partial charge in [-0.25, -0.2) is 0 Å². The van der Waals surface area contributed by atoms with Gasteiger partial charge in [0.05, 0.1) is 5.25 Å². The second-order valence-corrected chi connectivity index (χ2v) is 9.11. The van der Waals surface area contributed by atoms with E-state index in [4.69, 9.17) is 11.6 Å². The number of thioether (sulfide) groups is 1. The van der Waals surface area contributed by atoms with Crippen LogP contribution >= 0.6 is 23.4 Å². The lowest BCUT2D eigenvalue weighted by Crippen LogP contribution is -2.46. The minimum absolute atomic E-state index is 0.114. The first-order chi connectivity index (χ1) is 13.0. The summed E-state index contributed by atoms with van der Waals surface area (Å²) < 4.78 is 0. The molecule has 0 spiro atoms. The van der Waals surface area contributed by atoms with Gasteiger partial charge in [0.15, 0.2) is 0 Å². The third kappa shape index (κ3) is 6.27. The molecule has 3 rings (SSSR count). The Hall–Kier alpha value is -1.49. The Kier molecular flexibility index (Phi) is 7.22. The van der Waals surface area contributed by atoms with E-state index in [-0.39, 0.29) is 17.2 Å². The maximum Gasteiger partial charge on any atom is 0.233 e. The molecule has 3 nitrogen and oxygen atoms in total. The second-order valence-electron chi connectivity index (χ2n) is 7.26. The molecule has 1 saturated heterocycles. The SMILES string of the molecule is Cc1cccc(CN2CCC(NC(=O)C(C)Sc3ccc(Cl)cc3)CC2)c1. The number of likely N-dealkylation sites (tertiary alicyclic amines) is 1. The lowest BCUT2D eigenvalue weighted by Gasteiger charge is -2.33. The van der Waals surface area contributed by atoms with Gasteiger partial charge in [-0.2, -0.15) is 0 Å². The van der Waals surface area contributed by atoms with Gasteiger partial charge in [0.2, 0.25) is 5.91 Å². The van der Waals surface area contributed by atoms with Crippen LogP contribution in [0.3, 0.4) is 0 Å². The normalized spacial score (nSPS) is 16.9. The van der Waals surface area contributed by atoms with Crippen molar-refractivity contribution in [3.63, 3.8) is 0 Å². The molecule has 1 atom stereocenters. The standard InChI is InChI=1S/C22H27ClN2OS/c1-16-4-3-5-18(14-16)15-25-12-10-20(11-13-25)24-22(26)17(2)27-21-8-6-19(23)7-9-21/h3-9,14,17,20H,10-13,15H2,1-2H3,(H,24,26). The average molecular weight is 403 g/mol. The van der Waals surface area contributed by atoms with Crippen LogP contribution < -0.4 is 5.32 Å². The molecule has 1 aliphatic heterocycles. The molecule has 2 aromatic carbocycles. The number of carbonyl (C=O) groups excluding carboxylic acids is 1. The van der Waals surface area contributed by atoms with Crippen LogP contribution in [0.1, 0.15) is 30.9 Å². The Labute approximate surface area is 171 Å². The van der Waals surface area contributed by atoms with Crippen LogP contribution in [0.5, 0.6) is 0 Å². The summed E-state index contributed by atoms with van der Waals surface area (Å²) in [6.45, 7) is 7.14. The molecular weight excluding hydrogens is 376 g/mol.